The molecule has 0 bridgehead atoms. The molecular weight excluding hydrogens is 264 g/mol. The number of aliphatic hydroxyl groups excluding tert-OH is 1. The van der Waals surface area contributed by atoms with Crippen LogP contribution in [0.2, 0.25) is 0 Å². The number of hydrogen-bond acceptors (Lipinski definition) is 3. The van der Waals surface area contributed by atoms with Gasteiger partial charge in [-0.2, -0.15) is 0 Å². The number of likely N-dealkylation sites (N-methyl/N-ethyl adjacent to an activating group) is 1. The summed E-state index contributed by atoms with van der Waals surface area (Å²) in [5.74, 6) is 0.776. The number of amides is 1. The summed E-state index contributed by atoms with van der Waals surface area (Å²) >= 11 is 0. The molecule has 1 saturated carbocycles. The highest BCUT2D eigenvalue weighted by Crippen LogP contribution is 2.30. The highest BCUT2D eigenvalue weighted by atomic mass is 16.3. The molecule has 1 aliphatic rings. The summed E-state index contributed by atoms with van der Waals surface area (Å²) < 4.78 is 0. The van der Waals surface area contributed by atoms with Crippen molar-refractivity contribution in [3.63, 3.8) is 0 Å². The summed E-state index contributed by atoms with van der Waals surface area (Å²) in [6.07, 6.45) is 4.19. The Morgan fingerprint density at radius 2 is 2.05 bits per heavy atom. The van der Waals surface area contributed by atoms with Crippen LogP contribution >= 0.6 is 0 Å². The van der Waals surface area contributed by atoms with Crippen LogP contribution in [0.1, 0.15) is 35.2 Å². The number of hydrogen-bond donors (Lipinski definition) is 3. The Labute approximate surface area is 126 Å². The topological polar surface area (TPSA) is 61.4 Å². The van der Waals surface area contributed by atoms with Crippen LogP contribution in [0.25, 0.3) is 0 Å². The third-order valence-electron chi connectivity index (χ3n) is 4.48. The molecule has 1 aliphatic carbocycles. The van der Waals surface area contributed by atoms with Crippen molar-refractivity contribution in [3.05, 3.63) is 35.4 Å². The quantitative estimate of drug-likeness (QED) is 0.714. The highest BCUT2D eigenvalue weighted by molar-refractivity contribution is 5.95. The molecule has 2 unspecified atom stereocenters. The molecule has 0 radical (unpaired) electrons. The van der Waals surface area contributed by atoms with Gasteiger partial charge in [0, 0.05) is 18.7 Å². The van der Waals surface area contributed by atoms with Gasteiger partial charge >= 0.3 is 0 Å². The molecule has 0 aliphatic heterocycles. The van der Waals surface area contributed by atoms with Crippen LogP contribution in [0, 0.1) is 11.8 Å². The van der Waals surface area contributed by atoms with Crippen molar-refractivity contribution < 1.29 is 9.90 Å². The average Bonchev–Trinajstić information content (AvgIpc) is 2.98. The first kappa shape index (κ1) is 16.0. The molecule has 116 valence electrons. The third-order valence-corrected chi connectivity index (χ3v) is 4.48. The molecule has 3 N–H and O–H groups in total. The van der Waals surface area contributed by atoms with Gasteiger partial charge in [0.15, 0.2) is 0 Å². The van der Waals surface area contributed by atoms with Crippen molar-refractivity contribution in [1.82, 2.24) is 10.6 Å². The van der Waals surface area contributed by atoms with Crippen molar-refractivity contribution >= 4 is 5.91 Å². The number of aliphatic hydroxyl groups is 1. The predicted octanol–water partition coefficient (Wildman–Crippen LogP) is 1.59. The lowest BCUT2D eigenvalue weighted by molar-refractivity contribution is 0.0937. The first-order chi connectivity index (χ1) is 10.3. The molecule has 4 nitrogen and oxygen atoms in total. The Morgan fingerprint density at radius 3 is 2.81 bits per heavy atom. The second kappa shape index (κ2) is 8.15. The van der Waals surface area contributed by atoms with Crippen LogP contribution in [0.4, 0.5) is 0 Å². The molecule has 0 heterocycles. The van der Waals surface area contributed by atoms with Gasteiger partial charge in [0.05, 0.1) is 0 Å². The summed E-state index contributed by atoms with van der Waals surface area (Å²) in [4.78, 5) is 12.4. The van der Waals surface area contributed by atoms with Gasteiger partial charge in [0.25, 0.3) is 5.91 Å². The third kappa shape index (κ3) is 4.29. The zero-order chi connectivity index (χ0) is 15.1. The normalized spacial score (nSPS) is 21.4. The summed E-state index contributed by atoms with van der Waals surface area (Å²) in [6, 6.07) is 7.78. The molecule has 1 aromatic carbocycles. The smallest absolute Gasteiger partial charge is 0.251 e. The van der Waals surface area contributed by atoms with Gasteiger partial charge in [-0.3, -0.25) is 4.79 Å². The van der Waals surface area contributed by atoms with Crippen LogP contribution < -0.4 is 10.6 Å². The lowest BCUT2D eigenvalue weighted by atomic mass is 9.96. The van der Waals surface area contributed by atoms with E-state index in [1.54, 1.807) is 0 Å². The van der Waals surface area contributed by atoms with E-state index in [0.717, 1.165) is 43.4 Å². The minimum absolute atomic E-state index is 0.00490. The van der Waals surface area contributed by atoms with Crippen molar-refractivity contribution in [3.8, 4) is 0 Å². The van der Waals surface area contributed by atoms with Gasteiger partial charge in [-0.1, -0.05) is 24.6 Å². The Kier molecular flexibility index (Phi) is 6.21. The summed E-state index contributed by atoms with van der Waals surface area (Å²) in [6.45, 7) is 1.77. The highest BCUT2D eigenvalue weighted by Gasteiger charge is 2.26. The maximum Gasteiger partial charge on any atom is 0.251 e. The van der Waals surface area contributed by atoms with Gasteiger partial charge in [-0.05, 0) is 56.3 Å². The molecule has 0 aromatic heterocycles. The fraction of sp³-hybridized carbons (Fsp3) is 0.588. The van der Waals surface area contributed by atoms with Crippen LogP contribution in [0.5, 0.6) is 0 Å². The zero-order valence-corrected chi connectivity index (χ0v) is 12.8. The van der Waals surface area contributed by atoms with E-state index in [9.17, 15) is 9.90 Å². The fourth-order valence-electron chi connectivity index (χ4n) is 3.16. The average molecular weight is 290 g/mol. The van der Waals surface area contributed by atoms with Crippen LogP contribution in [-0.4, -0.2) is 37.8 Å². The standard InChI is InChI=1S/C17H26N2O2/c1-18-10-9-13-5-2-3-8-16(13)17(21)19-11-14-6-4-7-15(14)12-20/h2-3,5,8,14-15,18,20H,4,6-7,9-12H2,1H3,(H,19,21). The van der Waals surface area contributed by atoms with E-state index < -0.39 is 0 Å². The second-order valence-corrected chi connectivity index (χ2v) is 5.85. The number of carbonyl (C=O) groups excluding carboxylic acids is 1. The number of nitrogens with one attached hydrogen (secondary N) is 2. The van der Waals surface area contributed by atoms with Crippen molar-refractivity contribution in [2.75, 3.05) is 26.7 Å². The van der Waals surface area contributed by atoms with Gasteiger partial charge < -0.3 is 15.7 Å². The lowest BCUT2D eigenvalue weighted by Gasteiger charge is -2.18. The molecule has 2 atom stereocenters. The second-order valence-electron chi connectivity index (χ2n) is 5.85. The van der Waals surface area contributed by atoms with Crippen molar-refractivity contribution in [1.29, 1.82) is 0 Å². The van der Waals surface area contributed by atoms with Crippen molar-refractivity contribution in [2.45, 2.75) is 25.7 Å². The number of benzene rings is 1. The number of rotatable bonds is 7. The minimum atomic E-state index is 0.00490. The Morgan fingerprint density at radius 1 is 1.29 bits per heavy atom. The van der Waals surface area contributed by atoms with E-state index in [0.29, 0.717) is 18.4 Å². The van der Waals surface area contributed by atoms with E-state index in [-0.39, 0.29) is 12.5 Å². The van der Waals surface area contributed by atoms with Crippen LogP contribution in [0.15, 0.2) is 24.3 Å². The molecular formula is C17H26N2O2. The first-order valence-electron chi connectivity index (χ1n) is 7.87. The molecule has 21 heavy (non-hydrogen) atoms. The molecule has 1 amide bonds. The largest absolute Gasteiger partial charge is 0.396 e. The van der Waals surface area contributed by atoms with Crippen LogP contribution in [0.3, 0.4) is 0 Å². The summed E-state index contributed by atoms with van der Waals surface area (Å²) in [5, 5.41) is 15.5. The van der Waals surface area contributed by atoms with E-state index in [1.807, 2.05) is 31.3 Å². The molecule has 1 aromatic rings. The fourth-order valence-corrected chi connectivity index (χ4v) is 3.16. The molecule has 2 rings (SSSR count). The maximum absolute atomic E-state index is 12.4. The number of carbonyl (C=O) groups is 1. The lowest BCUT2D eigenvalue weighted by Crippen LogP contribution is -2.32. The summed E-state index contributed by atoms with van der Waals surface area (Å²) in [5.41, 5.74) is 1.85. The molecule has 1 fully saturated rings. The molecule has 0 spiro atoms. The Balaban J connectivity index is 1.94. The van der Waals surface area contributed by atoms with Crippen LogP contribution in [-0.2, 0) is 6.42 Å². The molecule has 0 saturated heterocycles. The summed E-state index contributed by atoms with van der Waals surface area (Å²) in [7, 11) is 1.91. The maximum atomic E-state index is 12.4. The van der Waals surface area contributed by atoms with E-state index in [1.165, 1.54) is 0 Å². The van der Waals surface area contributed by atoms with E-state index >= 15 is 0 Å². The van der Waals surface area contributed by atoms with Gasteiger partial charge in [-0.15, -0.1) is 0 Å². The zero-order valence-electron chi connectivity index (χ0n) is 12.8. The predicted molar refractivity (Wildman–Crippen MR) is 84.3 cm³/mol. The molecule has 4 heteroatoms. The van der Waals surface area contributed by atoms with E-state index in [4.69, 9.17) is 0 Å². The van der Waals surface area contributed by atoms with E-state index in [2.05, 4.69) is 10.6 Å². The monoisotopic (exact) mass is 290 g/mol. The Bertz CT molecular complexity index is 462. The van der Waals surface area contributed by atoms with Gasteiger partial charge in [0.1, 0.15) is 0 Å². The van der Waals surface area contributed by atoms with Gasteiger partial charge in [-0.25, -0.2) is 0 Å². The van der Waals surface area contributed by atoms with Gasteiger partial charge in [0.2, 0.25) is 0 Å². The first-order valence-corrected chi connectivity index (χ1v) is 7.87. The van der Waals surface area contributed by atoms with Crippen molar-refractivity contribution in [2.24, 2.45) is 11.8 Å². The SMILES string of the molecule is CNCCc1ccccc1C(=O)NCC1CCCC1CO. The minimum Gasteiger partial charge on any atom is -0.396 e. The Hall–Kier alpha value is -1.39.